The summed E-state index contributed by atoms with van der Waals surface area (Å²) in [5.74, 6) is 0.382. The van der Waals surface area contributed by atoms with Crippen LogP contribution in [0.1, 0.15) is 65.2 Å². The Morgan fingerprint density at radius 2 is 1.12 bits per heavy atom. The second kappa shape index (κ2) is 14.8. The molecule has 0 spiro atoms. The van der Waals surface area contributed by atoms with Crippen LogP contribution < -0.4 is 0 Å². The van der Waals surface area contributed by atoms with E-state index in [4.69, 9.17) is 9.47 Å². The number of halogens is 4. The summed E-state index contributed by atoms with van der Waals surface area (Å²) in [6, 6.07) is 0. The summed E-state index contributed by atoms with van der Waals surface area (Å²) in [5.41, 5.74) is 1.34. The lowest BCUT2D eigenvalue weighted by molar-refractivity contribution is -0.134. The van der Waals surface area contributed by atoms with Gasteiger partial charge in [-0.15, -0.1) is 0 Å². The van der Waals surface area contributed by atoms with E-state index in [2.05, 4.69) is 77.6 Å². The summed E-state index contributed by atoms with van der Waals surface area (Å²) >= 11 is 13.3. The molecule has 2 unspecified atom stereocenters. The first-order valence-electron chi connectivity index (χ1n) is 10.6. The number of hydrogen-bond donors (Lipinski definition) is 0. The van der Waals surface area contributed by atoms with E-state index >= 15 is 0 Å². The minimum atomic E-state index is -0.304. The fraction of sp³-hybridized carbons (Fsp3) is 0.545. The number of ether oxygens (including phenoxy) is 2. The number of unbranched alkanes of at least 4 members (excludes halogenated alkanes) is 4. The molecule has 2 aliphatic rings. The number of allylic oxidation sites excluding steroid dienone is 2. The minimum absolute atomic E-state index is 0.0134. The highest BCUT2D eigenvalue weighted by molar-refractivity contribution is 9.28. The van der Waals surface area contributed by atoms with Crippen molar-refractivity contribution in [3.63, 3.8) is 0 Å². The number of hydrogen-bond acceptors (Lipinski definition) is 6. The van der Waals surface area contributed by atoms with Gasteiger partial charge in [-0.25, -0.2) is 9.59 Å². The van der Waals surface area contributed by atoms with Crippen molar-refractivity contribution in [1.29, 1.82) is 0 Å². The normalized spacial score (nSPS) is 17.7. The second-order valence-electron chi connectivity index (χ2n) is 7.39. The van der Waals surface area contributed by atoms with Crippen molar-refractivity contribution in [3.05, 3.63) is 41.6 Å². The van der Waals surface area contributed by atoms with Crippen molar-refractivity contribution in [2.45, 2.75) is 75.7 Å². The Hall–Kier alpha value is 0.520. The molecule has 0 aromatic rings. The highest BCUT2D eigenvalue weighted by Gasteiger charge is 2.34. The zero-order valence-electron chi connectivity index (χ0n) is 17.9. The SMILES string of the molecule is CCCCCC(SSC(CCCCC)C1=CC(=C(Br)Br)OC1=O)C1=CC(=C(Br)Br)OC1=O. The van der Waals surface area contributed by atoms with Gasteiger partial charge >= 0.3 is 11.9 Å². The van der Waals surface area contributed by atoms with Crippen LogP contribution in [0, 0.1) is 0 Å². The molecule has 178 valence electrons. The number of esters is 2. The van der Waals surface area contributed by atoms with Gasteiger partial charge in [-0.05, 0) is 88.7 Å². The maximum atomic E-state index is 12.6. The molecule has 0 saturated heterocycles. The molecular formula is C22H26Br4O4S2. The molecule has 0 aromatic carbocycles. The summed E-state index contributed by atoms with van der Waals surface area (Å²) in [6.45, 7) is 4.33. The predicted molar refractivity (Wildman–Crippen MR) is 149 cm³/mol. The maximum absolute atomic E-state index is 12.6. The second-order valence-corrected chi connectivity index (χ2v) is 15.4. The van der Waals surface area contributed by atoms with Gasteiger partial charge in [0, 0.05) is 10.5 Å². The van der Waals surface area contributed by atoms with Crippen molar-refractivity contribution in [2.75, 3.05) is 0 Å². The number of cyclic esters (lactones) is 2. The van der Waals surface area contributed by atoms with Gasteiger partial charge < -0.3 is 9.47 Å². The first-order chi connectivity index (χ1) is 15.3. The van der Waals surface area contributed by atoms with E-state index in [0.717, 1.165) is 51.4 Å². The molecule has 0 amide bonds. The van der Waals surface area contributed by atoms with Crippen molar-refractivity contribution < 1.29 is 19.1 Å². The topological polar surface area (TPSA) is 52.6 Å². The van der Waals surface area contributed by atoms with Crippen LogP contribution in [0.5, 0.6) is 0 Å². The number of rotatable bonds is 13. The van der Waals surface area contributed by atoms with E-state index in [1.54, 1.807) is 21.6 Å². The maximum Gasteiger partial charge on any atom is 0.340 e. The third kappa shape index (κ3) is 8.63. The van der Waals surface area contributed by atoms with Crippen LogP contribution in [0.4, 0.5) is 0 Å². The number of carbonyl (C=O) groups excluding carboxylic acids is 2. The summed E-state index contributed by atoms with van der Waals surface area (Å²) < 4.78 is 12.0. The molecule has 0 saturated carbocycles. The van der Waals surface area contributed by atoms with Crippen LogP contribution in [0.3, 0.4) is 0 Å². The van der Waals surface area contributed by atoms with E-state index in [1.807, 2.05) is 12.2 Å². The van der Waals surface area contributed by atoms with Crippen molar-refractivity contribution in [3.8, 4) is 0 Å². The smallest absolute Gasteiger partial charge is 0.340 e. The third-order valence-electron chi connectivity index (χ3n) is 4.94. The van der Waals surface area contributed by atoms with Gasteiger partial charge in [0.1, 0.15) is 6.78 Å². The standard InChI is InChI=1S/C22H26Br4O4S2/c1-3-5-7-9-17(13-11-15(19(23)24)29-21(13)27)31-32-18(10-8-6-4-2)14-12-16(20(25)26)30-22(14)28/h11-12,17-18H,3-10H2,1-2H3. The minimum Gasteiger partial charge on any atom is -0.421 e. The Kier molecular flexibility index (Phi) is 13.3. The fourth-order valence-corrected chi connectivity index (χ4v) is 7.33. The Morgan fingerprint density at radius 3 is 1.41 bits per heavy atom. The van der Waals surface area contributed by atoms with Crippen LogP contribution >= 0.6 is 85.3 Å². The quantitative estimate of drug-likeness (QED) is 0.107. The summed E-state index contributed by atoms with van der Waals surface area (Å²) in [4.78, 5) is 25.1. The van der Waals surface area contributed by atoms with E-state index in [9.17, 15) is 9.59 Å². The van der Waals surface area contributed by atoms with Crippen molar-refractivity contribution >= 4 is 97.2 Å². The van der Waals surface area contributed by atoms with Crippen LogP contribution in [-0.2, 0) is 19.1 Å². The lowest BCUT2D eigenvalue weighted by Crippen LogP contribution is -2.16. The van der Waals surface area contributed by atoms with Crippen LogP contribution in [0.2, 0.25) is 0 Å². The highest BCUT2D eigenvalue weighted by atomic mass is 79.9. The molecule has 0 aliphatic carbocycles. The molecule has 0 radical (unpaired) electrons. The molecule has 4 nitrogen and oxygen atoms in total. The number of carbonyl (C=O) groups is 2. The largest absolute Gasteiger partial charge is 0.421 e. The van der Waals surface area contributed by atoms with Crippen molar-refractivity contribution in [2.24, 2.45) is 0 Å². The first-order valence-corrected chi connectivity index (χ1v) is 16.0. The molecule has 2 aliphatic heterocycles. The van der Waals surface area contributed by atoms with E-state index in [0.29, 0.717) is 29.4 Å². The zero-order valence-corrected chi connectivity index (χ0v) is 25.9. The molecule has 10 heteroatoms. The van der Waals surface area contributed by atoms with Gasteiger partial charge in [-0.1, -0.05) is 74.0 Å². The Morgan fingerprint density at radius 1 is 0.750 bits per heavy atom. The lowest BCUT2D eigenvalue weighted by Gasteiger charge is -2.20. The molecule has 2 rings (SSSR count). The molecule has 0 N–H and O–H groups in total. The van der Waals surface area contributed by atoms with E-state index in [1.165, 1.54) is 0 Å². The zero-order chi connectivity index (χ0) is 23.7. The highest BCUT2D eigenvalue weighted by Crippen LogP contribution is 2.45. The van der Waals surface area contributed by atoms with Crippen LogP contribution in [-0.4, -0.2) is 22.4 Å². The average molecular weight is 738 g/mol. The molecule has 32 heavy (non-hydrogen) atoms. The first kappa shape index (κ1) is 28.8. The van der Waals surface area contributed by atoms with Crippen LogP contribution in [0.15, 0.2) is 41.6 Å². The van der Waals surface area contributed by atoms with Crippen LogP contribution in [0.25, 0.3) is 0 Å². The van der Waals surface area contributed by atoms with E-state index < -0.39 is 0 Å². The van der Waals surface area contributed by atoms with Gasteiger partial charge in [0.15, 0.2) is 11.5 Å². The van der Waals surface area contributed by atoms with Gasteiger partial charge in [-0.2, -0.15) is 0 Å². The lowest BCUT2D eigenvalue weighted by atomic mass is 10.1. The monoisotopic (exact) mass is 734 g/mol. The summed E-state index contributed by atoms with van der Waals surface area (Å²) in [5, 5.41) is -0.0268. The average Bonchev–Trinajstić information content (AvgIpc) is 3.32. The molecule has 0 fully saturated rings. The molecule has 0 aromatic heterocycles. The fourth-order valence-electron chi connectivity index (χ4n) is 3.22. The summed E-state index contributed by atoms with van der Waals surface area (Å²) in [7, 11) is 3.32. The summed E-state index contributed by atoms with van der Waals surface area (Å²) in [6.07, 6.45) is 11.9. The van der Waals surface area contributed by atoms with E-state index in [-0.39, 0.29) is 22.4 Å². The Balaban J connectivity index is 2.21. The molecular weight excluding hydrogens is 712 g/mol. The van der Waals surface area contributed by atoms with Gasteiger partial charge in [-0.3, -0.25) is 0 Å². The molecule has 0 bridgehead atoms. The van der Waals surface area contributed by atoms with Gasteiger partial charge in [0.2, 0.25) is 0 Å². The van der Waals surface area contributed by atoms with Crippen molar-refractivity contribution in [1.82, 2.24) is 0 Å². The van der Waals surface area contributed by atoms with Gasteiger partial charge in [0.25, 0.3) is 0 Å². The van der Waals surface area contributed by atoms with Gasteiger partial charge in [0.05, 0.1) is 11.1 Å². The predicted octanol–water partition coefficient (Wildman–Crippen LogP) is 9.15. The molecule has 2 atom stereocenters. The molecule has 2 heterocycles. The Labute approximate surface area is 231 Å². The Bertz CT molecular complexity index is 760. The third-order valence-corrected chi connectivity index (χ3v) is 9.79.